The number of carbonyl (C=O) groups is 1. The quantitative estimate of drug-likeness (QED) is 0.781. The lowest BCUT2D eigenvalue weighted by molar-refractivity contribution is -0.118. The normalized spacial score (nSPS) is 11.0. The third-order valence-electron chi connectivity index (χ3n) is 3.46. The molecule has 3 rings (SSSR count). The first kappa shape index (κ1) is 14.3. The van der Waals surface area contributed by atoms with Crippen molar-refractivity contribution in [3.63, 3.8) is 0 Å². The van der Waals surface area contributed by atoms with Gasteiger partial charge in [-0.05, 0) is 24.3 Å². The maximum atomic E-state index is 12.7. The Morgan fingerprint density at radius 1 is 1.05 bits per heavy atom. The molecule has 0 bridgehead atoms. The number of carbonyl (C=O) groups excluding carboxylic acids is 1. The molecule has 0 radical (unpaired) electrons. The van der Waals surface area contributed by atoms with Gasteiger partial charge in [-0.1, -0.05) is 29.8 Å². The Morgan fingerprint density at radius 2 is 1.73 bits per heavy atom. The third kappa shape index (κ3) is 2.25. The van der Waals surface area contributed by atoms with Gasteiger partial charge in [0.1, 0.15) is 6.54 Å². The number of rotatable bonds is 2. The number of aromatic nitrogens is 1. The van der Waals surface area contributed by atoms with Crippen LogP contribution in [-0.2, 0) is 11.3 Å². The summed E-state index contributed by atoms with van der Waals surface area (Å²) in [6.45, 7) is -0.310. The molecule has 2 N–H and O–H groups in total. The number of nitrogens with zero attached hydrogens (tertiary/aromatic N) is 1. The minimum Gasteiger partial charge on any atom is -0.368 e. The fourth-order valence-corrected chi connectivity index (χ4v) is 2.68. The summed E-state index contributed by atoms with van der Waals surface area (Å²) >= 11 is 5.96. The topological polar surface area (TPSA) is 82.2 Å². The number of nitrogens with two attached hydrogens (primary N) is 1. The SMILES string of the molecule is NC(=O)Cn1c(=O)c2ccccc2c(=O)c2cc(Cl)ccc21. The van der Waals surface area contributed by atoms with E-state index < -0.39 is 11.5 Å². The minimum absolute atomic E-state index is 0.237. The van der Waals surface area contributed by atoms with Gasteiger partial charge in [-0.2, -0.15) is 0 Å². The molecule has 110 valence electrons. The fourth-order valence-electron chi connectivity index (χ4n) is 2.51. The van der Waals surface area contributed by atoms with Gasteiger partial charge in [0.25, 0.3) is 5.56 Å². The van der Waals surface area contributed by atoms with Crippen LogP contribution in [0.1, 0.15) is 0 Å². The molecule has 0 atom stereocenters. The van der Waals surface area contributed by atoms with Crippen LogP contribution in [0.15, 0.2) is 52.1 Å². The average molecular weight is 315 g/mol. The number of amides is 1. The summed E-state index contributed by atoms with van der Waals surface area (Å²) in [6, 6.07) is 11.1. The van der Waals surface area contributed by atoms with E-state index >= 15 is 0 Å². The maximum absolute atomic E-state index is 12.7. The van der Waals surface area contributed by atoms with Crippen molar-refractivity contribution in [1.82, 2.24) is 4.57 Å². The highest BCUT2D eigenvalue weighted by atomic mass is 35.5. The van der Waals surface area contributed by atoms with Crippen molar-refractivity contribution in [3.8, 4) is 0 Å². The third-order valence-corrected chi connectivity index (χ3v) is 3.69. The van der Waals surface area contributed by atoms with E-state index in [9.17, 15) is 14.4 Å². The predicted octanol–water partition coefficient (Wildman–Crippen LogP) is 1.65. The molecular formula is C16H11ClN2O3. The average Bonchev–Trinajstić information content (AvgIpc) is 2.58. The summed E-state index contributed by atoms with van der Waals surface area (Å²) in [5.41, 5.74) is 4.81. The first-order valence-electron chi connectivity index (χ1n) is 6.52. The molecule has 5 nitrogen and oxygen atoms in total. The first-order chi connectivity index (χ1) is 10.5. The Balaban J connectivity index is 2.69. The molecule has 0 saturated heterocycles. The van der Waals surface area contributed by atoms with E-state index in [1.807, 2.05) is 0 Å². The van der Waals surface area contributed by atoms with E-state index in [1.54, 1.807) is 36.4 Å². The molecular weight excluding hydrogens is 304 g/mol. The molecule has 22 heavy (non-hydrogen) atoms. The van der Waals surface area contributed by atoms with Gasteiger partial charge in [-0.3, -0.25) is 19.0 Å². The Hall–Kier alpha value is -2.66. The first-order valence-corrected chi connectivity index (χ1v) is 6.90. The van der Waals surface area contributed by atoms with E-state index in [4.69, 9.17) is 17.3 Å². The lowest BCUT2D eigenvalue weighted by Crippen LogP contribution is -2.27. The lowest BCUT2D eigenvalue weighted by Gasteiger charge is -2.04. The Labute approximate surface area is 129 Å². The van der Waals surface area contributed by atoms with E-state index in [0.29, 0.717) is 10.5 Å². The van der Waals surface area contributed by atoms with Crippen molar-refractivity contribution >= 4 is 39.2 Å². The van der Waals surface area contributed by atoms with Crippen LogP contribution < -0.4 is 16.7 Å². The molecule has 0 aliphatic rings. The predicted molar refractivity (Wildman–Crippen MR) is 86.2 cm³/mol. The van der Waals surface area contributed by atoms with Crippen molar-refractivity contribution in [2.24, 2.45) is 5.73 Å². The monoisotopic (exact) mass is 314 g/mol. The van der Waals surface area contributed by atoms with Crippen molar-refractivity contribution in [2.45, 2.75) is 6.54 Å². The van der Waals surface area contributed by atoms with Gasteiger partial charge in [-0.15, -0.1) is 0 Å². The zero-order valence-electron chi connectivity index (χ0n) is 11.4. The van der Waals surface area contributed by atoms with E-state index in [1.165, 1.54) is 10.6 Å². The summed E-state index contributed by atoms with van der Waals surface area (Å²) in [6.07, 6.45) is 0. The number of halogens is 1. The summed E-state index contributed by atoms with van der Waals surface area (Å²) in [4.78, 5) is 36.7. The van der Waals surface area contributed by atoms with Crippen LogP contribution >= 0.6 is 11.6 Å². The highest BCUT2D eigenvalue weighted by Crippen LogP contribution is 2.17. The second kappa shape index (κ2) is 5.27. The molecule has 0 saturated carbocycles. The standard InChI is InChI=1S/C16H11ClN2O3/c17-9-5-6-13-12(7-9)15(21)10-3-1-2-4-11(10)16(22)19(13)8-14(18)20/h1-7H,8H2,(H2,18,20). The largest absolute Gasteiger partial charge is 0.368 e. The van der Waals surface area contributed by atoms with Crippen molar-refractivity contribution in [1.29, 1.82) is 0 Å². The van der Waals surface area contributed by atoms with Crippen LogP contribution in [0.4, 0.5) is 0 Å². The maximum Gasteiger partial charge on any atom is 0.259 e. The number of fused-ring (bicyclic) bond motifs is 2. The van der Waals surface area contributed by atoms with Crippen molar-refractivity contribution < 1.29 is 4.79 Å². The van der Waals surface area contributed by atoms with Crippen LogP contribution in [0.2, 0.25) is 5.02 Å². The number of hydrogen-bond acceptors (Lipinski definition) is 3. The van der Waals surface area contributed by atoms with Gasteiger partial charge in [0.2, 0.25) is 5.91 Å². The van der Waals surface area contributed by atoms with Crippen LogP contribution in [0.5, 0.6) is 0 Å². The number of primary amides is 1. The molecule has 2 aromatic carbocycles. The van der Waals surface area contributed by atoms with Gasteiger partial charge in [0.05, 0.1) is 10.9 Å². The summed E-state index contributed by atoms with van der Waals surface area (Å²) in [5.74, 6) is -0.666. The van der Waals surface area contributed by atoms with Crippen LogP contribution in [-0.4, -0.2) is 10.5 Å². The van der Waals surface area contributed by atoms with Crippen molar-refractivity contribution in [2.75, 3.05) is 0 Å². The smallest absolute Gasteiger partial charge is 0.259 e. The fraction of sp³-hybridized carbons (Fsp3) is 0.0625. The summed E-state index contributed by atoms with van der Waals surface area (Å²) in [5, 5.41) is 1.16. The van der Waals surface area contributed by atoms with Crippen LogP contribution in [0.25, 0.3) is 21.7 Å². The van der Waals surface area contributed by atoms with Crippen molar-refractivity contribution in [3.05, 3.63) is 68.1 Å². The molecule has 3 aromatic rings. The second-order valence-corrected chi connectivity index (χ2v) is 5.33. The zero-order chi connectivity index (χ0) is 15.9. The van der Waals surface area contributed by atoms with Gasteiger partial charge < -0.3 is 5.73 Å². The lowest BCUT2D eigenvalue weighted by atomic mass is 10.1. The molecule has 0 unspecified atom stereocenters. The van der Waals surface area contributed by atoms with Gasteiger partial charge in [0.15, 0.2) is 5.43 Å². The van der Waals surface area contributed by atoms with E-state index in [-0.39, 0.29) is 28.1 Å². The Morgan fingerprint density at radius 3 is 2.41 bits per heavy atom. The van der Waals surface area contributed by atoms with Crippen LogP contribution in [0, 0.1) is 0 Å². The Kier molecular flexibility index (Phi) is 3.42. The van der Waals surface area contributed by atoms with E-state index in [0.717, 1.165) is 0 Å². The van der Waals surface area contributed by atoms with Gasteiger partial charge in [-0.25, -0.2) is 0 Å². The molecule has 1 amide bonds. The van der Waals surface area contributed by atoms with Gasteiger partial charge in [0, 0.05) is 15.8 Å². The molecule has 0 spiro atoms. The number of hydrogen-bond donors (Lipinski definition) is 1. The second-order valence-electron chi connectivity index (χ2n) is 4.89. The molecule has 0 aliphatic carbocycles. The zero-order valence-corrected chi connectivity index (χ0v) is 12.1. The van der Waals surface area contributed by atoms with Gasteiger partial charge >= 0.3 is 0 Å². The molecule has 0 aliphatic heterocycles. The number of benzene rings is 2. The van der Waals surface area contributed by atoms with Crippen LogP contribution in [0.3, 0.4) is 0 Å². The Bertz CT molecular complexity index is 1040. The molecule has 1 heterocycles. The molecule has 0 fully saturated rings. The van der Waals surface area contributed by atoms with E-state index in [2.05, 4.69) is 0 Å². The highest BCUT2D eigenvalue weighted by Gasteiger charge is 2.12. The molecule has 6 heteroatoms. The minimum atomic E-state index is -0.666. The molecule has 1 aromatic heterocycles. The highest BCUT2D eigenvalue weighted by molar-refractivity contribution is 6.31. The summed E-state index contributed by atoms with van der Waals surface area (Å²) in [7, 11) is 0. The summed E-state index contributed by atoms with van der Waals surface area (Å²) < 4.78 is 1.21.